The van der Waals surface area contributed by atoms with Crippen molar-refractivity contribution in [1.82, 2.24) is 0 Å². The van der Waals surface area contributed by atoms with Crippen LogP contribution in [0.4, 0.5) is 0 Å². The van der Waals surface area contributed by atoms with E-state index in [9.17, 15) is 5.11 Å². The van der Waals surface area contributed by atoms with Gasteiger partial charge in [0.15, 0.2) is -0.565 Å². The van der Waals surface area contributed by atoms with E-state index in [1.165, 1.54) is 0 Å². The first-order valence-electron chi connectivity index (χ1n) is 1.40. The predicted octanol–water partition coefficient (Wildman–Crippen LogP) is 3.90. The molecule has 0 saturated carbocycles. The van der Waals surface area contributed by atoms with Gasteiger partial charge in [0.1, 0.15) is 0 Å². The Morgan fingerprint density at radius 2 is 1.00 bits per heavy atom. The monoisotopic (exact) mass is 675 g/mol. The lowest BCUT2D eigenvalue weighted by atomic mass is 10.9. The minimum atomic E-state index is -0.913. The summed E-state index contributed by atoms with van der Waals surface area (Å²) in [6.45, 7) is 0. The lowest BCUT2D eigenvalue weighted by Crippen LogP contribution is -2.24. The van der Waals surface area contributed by atoms with Crippen molar-refractivity contribution in [1.29, 1.82) is 0 Å². The van der Waals surface area contributed by atoms with Crippen molar-refractivity contribution in [3.8, 4) is 0 Å². The molecule has 0 fully saturated rings. The van der Waals surface area contributed by atoms with E-state index in [1.54, 1.807) is 0 Å². The molecule has 0 aromatic heterocycles. The van der Waals surface area contributed by atoms with Gasteiger partial charge in [0.25, 0.3) is 0 Å². The van der Waals surface area contributed by atoms with Crippen LogP contribution in [-0.2, 0) is 5.11 Å². The highest BCUT2D eigenvalue weighted by Crippen LogP contribution is 2.52. The van der Waals surface area contributed by atoms with Crippen LogP contribution in [0, 0.1) is 0 Å². The summed E-state index contributed by atoms with van der Waals surface area (Å²) in [5.41, 5.74) is 0. The maximum atomic E-state index is 11.1. The zero-order valence-corrected chi connectivity index (χ0v) is 14.1. The van der Waals surface area contributed by atoms with Crippen molar-refractivity contribution in [3.05, 3.63) is 0 Å². The fraction of sp³-hybridized carbons (Fsp3) is 1.00. The second-order valence-corrected chi connectivity index (χ2v) is 17.2. The molecule has 0 heterocycles. The summed E-state index contributed by atoms with van der Waals surface area (Å²) in [5, 5.41) is 11.1. The Bertz CT molecular complexity index is 65.4. The molecular weight excluding hydrogens is 675 g/mol. The highest BCUT2D eigenvalue weighted by molar-refractivity contribution is 14.3. The molecule has 0 saturated heterocycles. The van der Waals surface area contributed by atoms with E-state index in [1.807, 2.05) is 45.2 Å². The standard InChI is InChI=1S/C2I5O/c3-1(4,5)2(6,7)8. The SMILES string of the molecule is [O]C(I)(I)C(I)(I)I. The van der Waals surface area contributed by atoms with Crippen LogP contribution >= 0.6 is 113 Å². The van der Waals surface area contributed by atoms with Gasteiger partial charge in [0.2, 0.25) is 1.61 Å². The molecular formula is C2I5O. The van der Waals surface area contributed by atoms with E-state index < -0.39 is 1.61 Å². The van der Waals surface area contributed by atoms with Gasteiger partial charge in [-0.1, -0.05) is 67.8 Å². The fourth-order valence-corrected chi connectivity index (χ4v) is 0. The molecule has 49 valence electrons. The molecule has 0 bridgehead atoms. The molecule has 0 N–H and O–H groups in total. The first-order valence-corrected chi connectivity index (χ1v) is 6.79. The van der Waals surface area contributed by atoms with E-state index in [0.29, 0.717) is 0 Å². The van der Waals surface area contributed by atoms with Crippen molar-refractivity contribution in [2.75, 3.05) is 0 Å². The lowest BCUT2D eigenvalue weighted by molar-refractivity contribution is 0.181. The zero-order chi connectivity index (χ0) is 7.00. The molecule has 0 spiro atoms. The summed E-state index contributed by atoms with van der Waals surface area (Å²) in [4.78, 5) is 0. The summed E-state index contributed by atoms with van der Waals surface area (Å²) in [6, 6.07) is 0. The molecule has 0 amide bonds. The Kier molecular flexibility index (Phi) is 5.84. The lowest BCUT2D eigenvalue weighted by Gasteiger charge is -2.20. The zero-order valence-electron chi connectivity index (χ0n) is 3.30. The van der Waals surface area contributed by atoms with Crippen molar-refractivity contribution in [3.63, 3.8) is 0 Å². The van der Waals surface area contributed by atoms with Crippen LogP contribution in [0.2, 0.25) is 0 Å². The molecule has 0 aliphatic carbocycles. The van der Waals surface area contributed by atoms with Crippen LogP contribution in [-0.4, -0.2) is 1.05 Å². The minimum absolute atomic E-state index is 0.235. The van der Waals surface area contributed by atoms with Gasteiger partial charge >= 0.3 is 0 Å². The number of rotatable bonds is 1. The molecule has 0 aliphatic heterocycles. The second kappa shape index (κ2) is 4.02. The Morgan fingerprint density at radius 1 is 0.875 bits per heavy atom. The van der Waals surface area contributed by atoms with Gasteiger partial charge in [-0.15, -0.1) is 0 Å². The van der Waals surface area contributed by atoms with Crippen LogP contribution < -0.4 is 0 Å². The smallest absolute Gasteiger partial charge is 0.203 e. The topological polar surface area (TPSA) is 19.9 Å². The van der Waals surface area contributed by atoms with Crippen molar-refractivity contribution >= 4 is 113 Å². The number of hydrogen-bond donors (Lipinski definition) is 0. The van der Waals surface area contributed by atoms with Gasteiger partial charge in [-0.05, 0) is 45.2 Å². The van der Waals surface area contributed by atoms with Crippen molar-refractivity contribution in [2.24, 2.45) is 0 Å². The third-order valence-electron chi connectivity index (χ3n) is 0.330. The fourth-order valence-electron chi connectivity index (χ4n) is 0. The molecule has 0 aromatic rings. The minimum Gasteiger partial charge on any atom is -0.203 e. The third-order valence-corrected chi connectivity index (χ3v) is 10.4. The molecule has 0 aromatic carbocycles. The van der Waals surface area contributed by atoms with Crippen molar-refractivity contribution in [2.45, 2.75) is 1.05 Å². The summed E-state index contributed by atoms with van der Waals surface area (Å²) < 4.78 is -1.15. The average molecular weight is 675 g/mol. The summed E-state index contributed by atoms with van der Waals surface area (Å²) >= 11 is 10.2. The first kappa shape index (κ1) is 11.6. The van der Waals surface area contributed by atoms with Crippen molar-refractivity contribution < 1.29 is 5.11 Å². The predicted molar refractivity (Wildman–Crippen MR) is 76.2 cm³/mol. The number of halogens is 5. The van der Waals surface area contributed by atoms with E-state index in [4.69, 9.17) is 0 Å². The highest BCUT2D eigenvalue weighted by Gasteiger charge is 2.42. The second-order valence-electron chi connectivity index (χ2n) is 1.01. The summed E-state index contributed by atoms with van der Waals surface area (Å²) in [6.07, 6.45) is 0. The van der Waals surface area contributed by atoms with Crippen LogP contribution in [0.3, 0.4) is 0 Å². The molecule has 0 atom stereocenters. The number of alkyl halides is 5. The van der Waals surface area contributed by atoms with Crippen LogP contribution in [0.5, 0.6) is 0 Å². The van der Waals surface area contributed by atoms with E-state index in [0.717, 1.165) is 0 Å². The normalized spacial score (nSPS) is 14.2. The Hall–Kier alpha value is 3.61. The summed E-state index contributed by atoms with van der Waals surface area (Å²) in [5.74, 6) is 0. The molecule has 8 heavy (non-hydrogen) atoms. The van der Waals surface area contributed by atoms with Gasteiger partial charge in [-0.25, -0.2) is 5.11 Å². The highest BCUT2D eigenvalue weighted by atomic mass is 127. The number of hydrogen-bond acceptors (Lipinski definition) is 0. The van der Waals surface area contributed by atoms with Gasteiger partial charge in [-0.3, -0.25) is 0 Å². The van der Waals surface area contributed by atoms with Gasteiger partial charge in [-0.2, -0.15) is 0 Å². The Morgan fingerprint density at radius 3 is 1.00 bits per heavy atom. The molecule has 0 rings (SSSR count). The van der Waals surface area contributed by atoms with Crippen LogP contribution in [0.1, 0.15) is 0 Å². The molecule has 1 nitrogen and oxygen atoms in total. The maximum Gasteiger partial charge on any atom is 0.235 e. The van der Waals surface area contributed by atoms with E-state index in [2.05, 4.69) is 67.8 Å². The average Bonchev–Trinajstić information content (AvgIpc) is 1.25. The third kappa shape index (κ3) is 4.48. The molecule has 6 heteroatoms. The van der Waals surface area contributed by atoms with Gasteiger partial charge in [0.05, 0.1) is 0 Å². The van der Waals surface area contributed by atoms with E-state index >= 15 is 0 Å². The van der Waals surface area contributed by atoms with Gasteiger partial charge < -0.3 is 0 Å². The molecule has 1 radical (unpaired) electrons. The molecule has 0 unspecified atom stereocenters. The maximum absolute atomic E-state index is 11.1. The molecule has 0 aliphatic rings. The summed E-state index contributed by atoms with van der Waals surface area (Å²) in [7, 11) is 0. The van der Waals surface area contributed by atoms with Crippen LogP contribution in [0.15, 0.2) is 0 Å². The Balaban J connectivity index is 4.02. The van der Waals surface area contributed by atoms with E-state index in [-0.39, 0.29) is -0.565 Å². The largest absolute Gasteiger partial charge is 0.235 e. The quantitative estimate of drug-likeness (QED) is 0.298. The Labute approximate surface area is 116 Å². The van der Waals surface area contributed by atoms with Crippen LogP contribution in [0.25, 0.3) is 0 Å². The van der Waals surface area contributed by atoms with Gasteiger partial charge in [0, 0.05) is 0 Å². The first-order chi connectivity index (χ1) is 3.25.